The molecule has 1 aromatic carbocycles. The summed E-state index contributed by atoms with van der Waals surface area (Å²) in [6.45, 7) is 1.59. The maximum absolute atomic E-state index is 12.2. The van der Waals surface area contributed by atoms with Crippen molar-refractivity contribution in [3.63, 3.8) is 0 Å². The number of hydrogen-bond acceptors (Lipinski definition) is 4. The lowest BCUT2D eigenvalue weighted by molar-refractivity contribution is 0.194. The molecule has 0 unspecified atom stereocenters. The van der Waals surface area contributed by atoms with Gasteiger partial charge in [0.25, 0.3) is 0 Å². The van der Waals surface area contributed by atoms with Crippen molar-refractivity contribution in [3.8, 4) is 5.69 Å². The number of aromatic nitrogens is 2. The van der Waals surface area contributed by atoms with E-state index in [1.54, 1.807) is 17.7 Å². The molecule has 1 aromatic heterocycles. The van der Waals surface area contributed by atoms with Gasteiger partial charge in [-0.3, -0.25) is 5.32 Å². The first-order valence-corrected chi connectivity index (χ1v) is 7.79. The van der Waals surface area contributed by atoms with E-state index >= 15 is 0 Å². The second-order valence-corrected chi connectivity index (χ2v) is 5.43. The number of nitrogens with zero attached hydrogens (tertiary/aromatic N) is 2. The van der Waals surface area contributed by atoms with E-state index in [2.05, 4.69) is 10.4 Å². The van der Waals surface area contributed by atoms with Crippen LogP contribution in [-0.2, 0) is 11.3 Å². The Labute approximate surface area is 140 Å². The van der Waals surface area contributed by atoms with Crippen molar-refractivity contribution in [2.45, 2.75) is 26.4 Å². The fourth-order valence-corrected chi connectivity index (χ4v) is 2.49. The fourth-order valence-electron chi connectivity index (χ4n) is 2.49. The largest absolute Gasteiger partial charge is 0.418 e. The Morgan fingerprint density at radius 1 is 1.33 bits per heavy atom. The summed E-state index contributed by atoms with van der Waals surface area (Å²) in [6, 6.07) is 9.40. The topological polar surface area (TPSA) is 76.4 Å². The van der Waals surface area contributed by atoms with Crippen LogP contribution in [0.15, 0.2) is 54.3 Å². The van der Waals surface area contributed by atoms with Crippen molar-refractivity contribution >= 4 is 11.9 Å². The summed E-state index contributed by atoms with van der Waals surface area (Å²) < 4.78 is 6.90. The zero-order valence-corrected chi connectivity index (χ0v) is 13.4. The monoisotopic (exact) mass is 325 g/mol. The number of allylic oxidation sites excluding steroid dienone is 3. The number of carbonyl (C=O) groups is 1. The SMILES string of the molecule is Cc1c(CO)nn(-c2ccccc2)c1NC(=O)OC1=CCCC=C1. The van der Waals surface area contributed by atoms with E-state index in [9.17, 15) is 9.90 Å². The molecular weight excluding hydrogens is 306 g/mol. The van der Waals surface area contributed by atoms with Crippen molar-refractivity contribution in [3.05, 3.63) is 65.6 Å². The quantitative estimate of drug-likeness (QED) is 0.902. The minimum atomic E-state index is -0.586. The predicted molar refractivity (Wildman–Crippen MR) is 90.8 cm³/mol. The summed E-state index contributed by atoms with van der Waals surface area (Å²) in [5, 5.41) is 16.6. The summed E-state index contributed by atoms with van der Waals surface area (Å²) in [7, 11) is 0. The molecule has 0 spiro atoms. The molecule has 2 aromatic rings. The summed E-state index contributed by atoms with van der Waals surface area (Å²) in [5.74, 6) is 1.01. The van der Waals surface area contributed by atoms with E-state index in [0.29, 0.717) is 22.8 Å². The van der Waals surface area contributed by atoms with Gasteiger partial charge >= 0.3 is 6.09 Å². The van der Waals surface area contributed by atoms with Gasteiger partial charge in [-0.25, -0.2) is 9.48 Å². The molecule has 0 fully saturated rings. The summed E-state index contributed by atoms with van der Waals surface area (Å²) in [5.41, 5.74) is 1.99. The van der Waals surface area contributed by atoms with Gasteiger partial charge in [-0.2, -0.15) is 5.10 Å². The van der Waals surface area contributed by atoms with E-state index in [-0.39, 0.29) is 6.61 Å². The number of rotatable bonds is 4. The molecule has 0 atom stereocenters. The number of ether oxygens (including phenoxy) is 1. The fraction of sp³-hybridized carbons (Fsp3) is 0.222. The molecule has 6 heteroatoms. The van der Waals surface area contributed by atoms with Crippen molar-refractivity contribution in [2.24, 2.45) is 0 Å². The summed E-state index contributed by atoms with van der Waals surface area (Å²) in [4.78, 5) is 12.2. The van der Waals surface area contributed by atoms with Crippen LogP contribution in [0.1, 0.15) is 24.1 Å². The molecule has 0 bridgehead atoms. The van der Waals surface area contributed by atoms with Gasteiger partial charge in [-0.05, 0) is 44.1 Å². The highest BCUT2D eigenvalue weighted by atomic mass is 16.6. The molecular formula is C18H19N3O3. The molecule has 0 saturated carbocycles. The smallest absolute Gasteiger partial charge is 0.410 e. The maximum atomic E-state index is 12.2. The van der Waals surface area contributed by atoms with Gasteiger partial charge in [0.15, 0.2) is 0 Å². The molecule has 1 heterocycles. The minimum absolute atomic E-state index is 0.205. The van der Waals surface area contributed by atoms with Crippen LogP contribution in [0.25, 0.3) is 5.69 Å². The number of para-hydroxylation sites is 1. The van der Waals surface area contributed by atoms with Gasteiger partial charge in [-0.15, -0.1) is 0 Å². The summed E-state index contributed by atoms with van der Waals surface area (Å²) in [6.07, 6.45) is 6.84. The molecule has 2 N–H and O–H groups in total. The number of aliphatic hydroxyl groups is 1. The highest BCUT2D eigenvalue weighted by Crippen LogP contribution is 2.24. The van der Waals surface area contributed by atoms with Gasteiger partial charge in [0.2, 0.25) is 0 Å². The van der Waals surface area contributed by atoms with E-state index in [1.165, 1.54) is 0 Å². The van der Waals surface area contributed by atoms with Crippen LogP contribution in [0.3, 0.4) is 0 Å². The van der Waals surface area contributed by atoms with Crippen LogP contribution in [0, 0.1) is 6.92 Å². The van der Waals surface area contributed by atoms with Crippen LogP contribution >= 0.6 is 0 Å². The van der Waals surface area contributed by atoms with Crippen LogP contribution in [-0.4, -0.2) is 21.0 Å². The first-order chi connectivity index (χ1) is 11.7. The molecule has 0 radical (unpaired) electrons. The lowest BCUT2D eigenvalue weighted by Gasteiger charge is -2.12. The Morgan fingerprint density at radius 3 is 2.79 bits per heavy atom. The second kappa shape index (κ2) is 7.14. The highest BCUT2D eigenvalue weighted by Gasteiger charge is 2.18. The lowest BCUT2D eigenvalue weighted by Crippen LogP contribution is -2.17. The first-order valence-electron chi connectivity index (χ1n) is 7.79. The van der Waals surface area contributed by atoms with Crippen LogP contribution in [0.4, 0.5) is 10.6 Å². The number of amides is 1. The van der Waals surface area contributed by atoms with E-state index < -0.39 is 6.09 Å². The Kier molecular flexibility index (Phi) is 4.77. The summed E-state index contributed by atoms with van der Waals surface area (Å²) >= 11 is 0. The molecule has 124 valence electrons. The van der Waals surface area contributed by atoms with Crippen molar-refractivity contribution in [1.29, 1.82) is 0 Å². The Balaban J connectivity index is 1.86. The molecule has 1 amide bonds. The van der Waals surface area contributed by atoms with Gasteiger partial charge < -0.3 is 9.84 Å². The maximum Gasteiger partial charge on any atom is 0.418 e. The van der Waals surface area contributed by atoms with Crippen LogP contribution in [0.5, 0.6) is 0 Å². The molecule has 3 rings (SSSR count). The second-order valence-electron chi connectivity index (χ2n) is 5.43. The lowest BCUT2D eigenvalue weighted by atomic mass is 10.2. The van der Waals surface area contributed by atoms with E-state index in [0.717, 1.165) is 18.5 Å². The van der Waals surface area contributed by atoms with Crippen molar-refractivity contribution < 1.29 is 14.6 Å². The third-order valence-corrected chi connectivity index (χ3v) is 3.76. The number of benzene rings is 1. The number of hydrogen-bond donors (Lipinski definition) is 2. The molecule has 0 aliphatic heterocycles. The Morgan fingerprint density at radius 2 is 2.12 bits per heavy atom. The molecule has 1 aliphatic carbocycles. The number of carbonyl (C=O) groups excluding carboxylic acids is 1. The zero-order valence-electron chi connectivity index (χ0n) is 13.4. The third-order valence-electron chi connectivity index (χ3n) is 3.76. The zero-order chi connectivity index (χ0) is 16.9. The average Bonchev–Trinajstić information content (AvgIpc) is 2.92. The van der Waals surface area contributed by atoms with Crippen molar-refractivity contribution in [1.82, 2.24) is 9.78 Å². The van der Waals surface area contributed by atoms with Crippen molar-refractivity contribution in [2.75, 3.05) is 5.32 Å². The first kappa shape index (κ1) is 16.0. The number of anilines is 1. The molecule has 24 heavy (non-hydrogen) atoms. The molecule has 1 aliphatic rings. The van der Waals surface area contributed by atoms with Crippen LogP contribution < -0.4 is 5.32 Å². The minimum Gasteiger partial charge on any atom is -0.410 e. The third kappa shape index (κ3) is 3.38. The predicted octanol–water partition coefficient (Wildman–Crippen LogP) is 3.46. The highest BCUT2D eigenvalue weighted by molar-refractivity contribution is 5.86. The van der Waals surface area contributed by atoms with Gasteiger partial charge in [0.05, 0.1) is 18.0 Å². The Hall–Kier alpha value is -2.86. The van der Waals surface area contributed by atoms with E-state index in [1.807, 2.05) is 42.5 Å². The van der Waals surface area contributed by atoms with Gasteiger partial charge in [-0.1, -0.05) is 24.3 Å². The normalized spacial score (nSPS) is 13.5. The molecule has 6 nitrogen and oxygen atoms in total. The average molecular weight is 325 g/mol. The van der Waals surface area contributed by atoms with Crippen LogP contribution in [0.2, 0.25) is 0 Å². The van der Waals surface area contributed by atoms with Gasteiger partial charge in [0, 0.05) is 5.56 Å². The van der Waals surface area contributed by atoms with Gasteiger partial charge in [0.1, 0.15) is 11.6 Å². The van der Waals surface area contributed by atoms with E-state index in [4.69, 9.17) is 4.74 Å². The number of nitrogens with one attached hydrogen (secondary N) is 1. The standard InChI is InChI=1S/C18H19N3O3/c1-13-16(12-22)20-21(14-8-4-2-5-9-14)17(13)19-18(23)24-15-10-6-3-7-11-15/h2,4-6,8-11,22H,3,7,12H2,1H3,(H,19,23). The Bertz CT molecular complexity index is 791. The number of aliphatic hydroxyl groups excluding tert-OH is 1. The molecule has 0 saturated heterocycles.